The normalized spacial score (nSPS) is 13.9. The van der Waals surface area contributed by atoms with Crippen LogP contribution in [0, 0.1) is 5.92 Å². The van der Waals surface area contributed by atoms with E-state index in [2.05, 4.69) is 30.9 Å². The van der Waals surface area contributed by atoms with Gasteiger partial charge in [0.2, 0.25) is 5.91 Å². The zero-order valence-corrected chi connectivity index (χ0v) is 26.3. The van der Waals surface area contributed by atoms with Crippen molar-refractivity contribution in [3.63, 3.8) is 0 Å². The molecule has 242 valence electrons. The maximum absolute atomic E-state index is 13.4. The zero-order chi connectivity index (χ0) is 33.9. The molecule has 3 amide bonds. The average molecular weight is 629 g/mol. The first-order chi connectivity index (χ1) is 21.0. The number of anilines is 1. The van der Waals surface area contributed by atoms with Crippen LogP contribution in [0.3, 0.4) is 0 Å². The predicted molar refractivity (Wildman–Crippen MR) is 166 cm³/mol. The van der Waals surface area contributed by atoms with Gasteiger partial charge in [0.15, 0.2) is 0 Å². The molecule has 0 bridgehead atoms. The van der Waals surface area contributed by atoms with Gasteiger partial charge < -0.3 is 21.1 Å². The number of rotatable bonds is 12. The van der Waals surface area contributed by atoms with Crippen LogP contribution in [0.15, 0.2) is 76.4 Å². The summed E-state index contributed by atoms with van der Waals surface area (Å²) >= 11 is 0. The Kier molecular flexibility index (Phi) is 13.2. The van der Waals surface area contributed by atoms with E-state index in [0.29, 0.717) is 35.5 Å². The van der Waals surface area contributed by atoms with Gasteiger partial charge in [-0.3, -0.25) is 24.4 Å². The number of alkyl halides is 3. The molecule has 2 atom stereocenters. The third-order valence-corrected chi connectivity index (χ3v) is 6.89. The van der Waals surface area contributed by atoms with Gasteiger partial charge in [0, 0.05) is 47.6 Å². The number of carbonyl (C=O) groups is 3. The van der Waals surface area contributed by atoms with Crippen molar-refractivity contribution in [3.05, 3.63) is 82.5 Å². The predicted octanol–water partition coefficient (Wildman–Crippen LogP) is 5.63. The lowest BCUT2D eigenvalue weighted by Gasteiger charge is -2.19. The van der Waals surface area contributed by atoms with E-state index >= 15 is 0 Å². The highest BCUT2D eigenvalue weighted by Gasteiger charge is 2.34. The molecule has 10 nitrogen and oxygen atoms in total. The van der Waals surface area contributed by atoms with E-state index in [-0.39, 0.29) is 29.9 Å². The fraction of sp³-hybridized carbons (Fsp3) is 0.375. The lowest BCUT2D eigenvalue weighted by Crippen LogP contribution is -2.39. The van der Waals surface area contributed by atoms with Crippen molar-refractivity contribution >= 4 is 29.3 Å². The number of allylic oxidation sites excluding steroid dienone is 1. The summed E-state index contributed by atoms with van der Waals surface area (Å²) in [5.74, 6) is -3.10. The van der Waals surface area contributed by atoms with Gasteiger partial charge in [-0.05, 0) is 70.7 Å². The van der Waals surface area contributed by atoms with Gasteiger partial charge in [-0.15, -0.1) is 0 Å². The maximum Gasteiger partial charge on any atom is 0.420 e. The number of amides is 3. The van der Waals surface area contributed by atoms with E-state index in [4.69, 9.17) is 0 Å². The number of hydrogen-bond donors (Lipinski definition) is 4. The number of hydrogen-bond acceptors (Lipinski definition) is 7. The van der Waals surface area contributed by atoms with Gasteiger partial charge >= 0.3 is 6.18 Å². The molecule has 0 saturated heterocycles. The minimum absolute atomic E-state index is 0.0574. The molecule has 0 fully saturated rings. The lowest BCUT2D eigenvalue weighted by atomic mass is 9.93. The summed E-state index contributed by atoms with van der Waals surface area (Å²) in [6.45, 7) is 12.4. The fourth-order valence-corrected chi connectivity index (χ4v) is 3.74. The Hall–Kier alpha value is -4.81. The summed E-state index contributed by atoms with van der Waals surface area (Å²) in [5.41, 5.74) is 1.52. The highest BCUT2D eigenvalue weighted by molar-refractivity contribution is 6.04. The van der Waals surface area contributed by atoms with Gasteiger partial charge in [-0.25, -0.2) is 4.98 Å². The molecule has 2 rings (SSSR count). The van der Waals surface area contributed by atoms with Crippen molar-refractivity contribution in [2.24, 2.45) is 10.9 Å². The van der Waals surface area contributed by atoms with Crippen LogP contribution in [0.4, 0.5) is 19.0 Å². The molecular formula is C32H39F3N6O4. The van der Waals surface area contributed by atoms with Crippen LogP contribution in [0.25, 0.3) is 0 Å². The summed E-state index contributed by atoms with van der Waals surface area (Å²) in [4.78, 5) is 50.9. The Bertz CT molecular complexity index is 1510. The molecule has 0 aromatic carbocycles. The second kappa shape index (κ2) is 16.3. The van der Waals surface area contributed by atoms with E-state index < -0.39 is 35.3 Å². The number of nitrogens with zero attached hydrogens (tertiary/aromatic N) is 3. The number of pyridine rings is 2. The monoisotopic (exact) mass is 628 g/mol. The van der Waals surface area contributed by atoms with Crippen molar-refractivity contribution in [1.82, 2.24) is 20.6 Å². The number of halogens is 3. The van der Waals surface area contributed by atoms with Crippen molar-refractivity contribution in [2.45, 2.75) is 73.6 Å². The van der Waals surface area contributed by atoms with Crippen molar-refractivity contribution in [2.75, 3.05) is 5.32 Å². The smallest absolute Gasteiger partial charge is 0.420 e. The quantitative estimate of drug-likeness (QED) is 0.136. The molecule has 13 heteroatoms. The fourth-order valence-electron chi connectivity index (χ4n) is 3.74. The van der Waals surface area contributed by atoms with E-state index in [1.165, 1.54) is 13.1 Å². The molecule has 2 aromatic heterocycles. The van der Waals surface area contributed by atoms with Crippen LogP contribution in [0.5, 0.6) is 5.75 Å². The summed E-state index contributed by atoms with van der Waals surface area (Å²) < 4.78 is 39.2. The summed E-state index contributed by atoms with van der Waals surface area (Å²) in [7, 11) is 0. The molecule has 45 heavy (non-hydrogen) atoms. The van der Waals surface area contributed by atoms with Crippen LogP contribution < -0.4 is 16.0 Å². The average Bonchev–Trinajstić information content (AvgIpc) is 2.99. The third-order valence-electron chi connectivity index (χ3n) is 6.89. The van der Waals surface area contributed by atoms with Crippen LogP contribution in [-0.2, 0) is 27.1 Å². The lowest BCUT2D eigenvalue weighted by molar-refractivity contribution is -0.138. The maximum atomic E-state index is 13.4. The van der Waals surface area contributed by atoms with Crippen molar-refractivity contribution in [3.8, 4) is 5.75 Å². The minimum atomic E-state index is -4.83. The van der Waals surface area contributed by atoms with Crippen LogP contribution >= 0.6 is 0 Å². The van der Waals surface area contributed by atoms with Crippen LogP contribution in [0.1, 0.15) is 66.0 Å². The Morgan fingerprint density at radius 3 is 2.33 bits per heavy atom. The van der Waals surface area contributed by atoms with Crippen molar-refractivity contribution in [1.29, 1.82) is 0 Å². The zero-order valence-electron chi connectivity index (χ0n) is 26.3. The van der Waals surface area contributed by atoms with E-state index in [1.807, 2.05) is 19.9 Å². The number of nitrogens with one attached hydrogen (secondary N) is 3. The first-order valence-electron chi connectivity index (χ1n) is 14.2. The Balaban J connectivity index is 2.17. The Morgan fingerprint density at radius 2 is 1.76 bits per heavy atom. The number of aromatic hydroxyl groups is 1. The molecule has 4 N–H and O–H groups in total. The summed E-state index contributed by atoms with van der Waals surface area (Å²) in [6.07, 6.45) is 2.54. The standard InChI is InChI=1S/C32H39F3N6O4/c1-8-19(4)25(12-24(18(2)3)30(44)39-16-23-10-9-11-36-15-23)31(45)40-22(7)21(6)37-14-20(5)29(43)41-28-13-26(32(33,34)35)27(42)17-38-28/h9-15,17,19,22,42H,8,16H2,1-7H3,(H,39,44)(H,40,45)(H,38,41,43)/b20-14+,25-12+,37-21?. The van der Waals surface area contributed by atoms with Gasteiger partial charge in [0.1, 0.15) is 17.1 Å². The number of aromatic nitrogens is 2. The molecule has 0 aliphatic heterocycles. The summed E-state index contributed by atoms with van der Waals surface area (Å²) in [5, 5.41) is 17.4. The molecule has 0 radical (unpaired) electrons. The van der Waals surface area contributed by atoms with Crippen molar-refractivity contribution < 1.29 is 32.7 Å². The first kappa shape index (κ1) is 36.4. The molecule has 2 heterocycles. The van der Waals surface area contributed by atoms with Crippen LogP contribution in [0.2, 0.25) is 0 Å². The molecule has 2 unspecified atom stereocenters. The molecule has 0 aliphatic carbocycles. The second-order valence-electron chi connectivity index (χ2n) is 10.7. The van der Waals surface area contributed by atoms with Gasteiger partial charge in [-0.1, -0.05) is 25.5 Å². The van der Waals surface area contributed by atoms with Crippen LogP contribution in [-0.4, -0.2) is 44.5 Å². The van der Waals surface area contributed by atoms with E-state index in [1.54, 1.807) is 52.2 Å². The second-order valence-corrected chi connectivity index (χ2v) is 10.7. The topological polar surface area (TPSA) is 146 Å². The van der Waals surface area contributed by atoms with Gasteiger partial charge in [0.05, 0.1) is 12.2 Å². The molecule has 0 saturated carbocycles. The SMILES string of the molecule is CCC(C)/C(=C\C(C(=O)NCc1cccnc1)=C(C)C)C(=O)NC(C)C(C)=N/C=C(\C)C(=O)Nc1cc(C(F)(F)F)c(O)cn1. The highest BCUT2D eigenvalue weighted by Crippen LogP contribution is 2.36. The molecule has 0 aliphatic rings. The number of carbonyl (C=O) groups excluding carboxylic acids is 3. The van der Waals surface area contributed by atoms with Gasteiger partial charge in [-0.2, -0.15) is 13.2 Å². The minimum Gasteiger partial charge on any atom is -0.506 e. The third kappa shape index (κ3) is 11.0. The first-order valence-corrected chi connectivity index (χ1v) is 14.2. The largest absolute Gasteiger partial charge is 0.506 e. The number of aliphatic imine (C=N–C) groups is 1. The Labute approximate surface area is 260 Å². The van der Waals surface area contributed by atoms with E-state index in [0.717, 1.165) is 11.1 Å². The molecule has 0 spiro atoms. The summed E-state index contributed by atoms with van der Waals surface area (Å²) in [6, 6.07) is 3.58. The molecule has 2 aromatic rings. The van der Waals surface area contributed by atoms with E-state index in [9.17, 15) is 32.7 Å². The Morgan fingerprint density at radius 1 is 1.07 bits per heavy atom. The molecular weight excluding hydrogens is 589 g/mol. The van der Waals surface area contributed by atoms with Gasteiger partial charge in [0.25, 0.3) is 11.8 Å². The highest BCUT2D eigenvalue weighted by atomic mass is 19.4.